The van der Waals surface area contributed by atoms with Gasteiger partial charge in [-0.3, -0.25) is 4.79 Å². The van der Waals surface area contributed by atoms with Crippen LogP contribution in [-0.4, -0.2) is 5.78 Å². The van der Waals surface area contributed by atoms with Crippen molar-refractivity contribution in [2.75, 3.05) is 5.73 Å². The summed E-state index contributed by atoms with van der Waals surface area (Å²) in [4.78, 5) is 12.6. The average Bonchev–Trinajstić information content (AvgIpc) is 2.89. The molecule has 3 nitrogen and oxygen atoms in total. The number of carbonyl (C=O) groups is 1. The Bertz CT molecular complexity index is 862. The van der Waals surface area contributed by atoms with Crippen molar-refractivity contribution in [1.82, 2.24) is 0 Å². The van der Waals surface area contributed by atoms with E-state index in [1.165, 1.54) is 24.0 Å². The number of aryl methyl sites for hydroxylation is 2. The molecule has 0 fully saturated rings. The van der Waals surface area contributed by atoms with E-state index < -0.39 is 0 Å². The van der Waals surface area contributed by atoms with Crippen molar-refractivity contribution < 1.29 is 9.21 Å². The Balaban J connectivity index is 1.85. The first-order valence-corrected chi connectivity index (χ1v) is 7.67. The minimum absolute atomic E-state index is 0.160. The number of hydrogen-bond acceptors (Lipinski definition) is 3. The Morgan fingerprint density at radius 1 is 1.00 bits per heavy atom. The van der Waals surface area contributed by atoms with Crippen molar-refractivity contribution in [1.29, 1.82) is 0 Å². The van der Waals surface area contributed by atoms with E-state index in [2.05, 4.69) is 12.1 Å². The Morgan fingerprint density at radius 3 is 2.41 bits per heavy atom. The number of nitrogens with two attached hydrogens (primary N) is 1. The number of ketones is 1. The zero-order valence-corrected chi connectivity index (χ0v) is 12.3. The first kappa shape index (κ1) is 13.1. The lowest BCUT2D eigenvalue weighted by molar-refractivity contribution is 0.101. The third kappa shape index (κ3) is 2.01. The van der Waals surface area contributed by atoms with Gasteiger partial charge >= 0.3 is 0 Å². The molecule has 0 saturated heterocycles. The number of rotatable bonds is 2. The van der Waals surface area contributed by atoms with Gasteiger partial charge in [-0.25, -0.2) is 0 Å². The van der Waals surface area contributed by atoms with E-state index in [1.54, 1.807) is 12.1 Å². The highest BCUT2D eigenvalue weighted by Crippen LogP contribution is 2.34. The van der Waals surface area contributed by atoms with E-state index in [0.717, 1.165) is 23.8 Å². The Hall–Kier alpha value is -2.55. The number of fused-ring (bicyclic) bond motifs is 2. The quantitative estimate of drug-likeness (QED) is 0.722. The summed E-state index contributed by atoms with van der Waals surface area (Å²) in [7, 11) is 0. The molecule has 1 aromatic heterocycles. The lowest BCUT2D eigenvalue weighted by Crippen LogP contribution is -2.03. The monoisotopic (exact) mass is 291 g/mol. The van der Waals surface area contributed by atoms with Crippen LogP contribution in [0.15, 0.2) is 46.9 Å². The molecular weight excluding hydrogens is 274 g/mol. The summed E-state index contributed by atoms with van der Waals surface area (Å²) >= 11 is 0. The van der Waals surface area contributed by atoms with Crippen LogP contribution in [0.25, 0.3) is 11.0 Å². The summed E-state index contributed by atoms with van der Waals surface area (Å²) < 4.78 is 5.81. The molecule has 2 aromatic carbocycles. The van der Waals surface area contributed by atoms with Gasteiger partial charge in [0.2, 0.25) is 5.78 Å². The predicted molar refractivity (Wildman–Crippen MR) is 87.1 cm³/mol. The van der Waals surface area contributed by atoms with Gasteiger partial charge in [0.05, 0.1) is 5.69 Å². The third-order valence-electron chi connectivity index (χ3n) is 4.43. The molecule has 1 aliphatic carbocycles. The second-order valence-electron chi connectivity index (χ2n) is 5.86. The number of carbonyl (C=O) groups excluding carboxylic acids is 1. The van der Waals surface area contributed by atoms with Crippen LogP contribution in [0.4, 0.5) is 5.69 Å². The molecule has 2 N–H and O–H groups in total. The first-order valence-electron chi connectivity index (χ1n) is 7.67. The van der Waals surface area contributed by atoms with E-state index in [0.29, 0.717) is 11.3 Å². The number of hydrogen-bond donors (Lipinski definition) is 1. The highest BCUT2D eigenvalue weighted by atomic mass is 16.3. The van der Waals surface area contributed by atoms with Gasteiger partial charge in [0.15, 0.2) is 5.76 Å². The first-order chi connectivity index (χ1) is 10.7. The molecule has 0 spiro atoms. The molecule has 1 heterocycles. The van der Waals surface area contributed by atoms with Gasteiger partial charge in [-0.15, -0.1) is 0 Å². The maximum absolute atomic E-state index is 12.6. The Labute approximate surface area is 128 Å². The average molecular weight is 291 g/mol. The van der Waals surface area contributed by atoms with Crippen LogP contribution in [-0.2, 0) is 12.8 Å². The molecule has 110 valence electrons. The van der Waals surface area contributed by atoms with Crippen LogP contribution in [0.3, 0.4) is 0 Å². The van der Waals surface area contributed by atoms with Gasteiger partial charge in [0.1, 0.15) is 5.58 Å². The molecule has 3 aromatic rings. The minimum atomic E-state index is -0.160. The SMILES string of the molecule is Nc1c(C(=O)c2ccccc2)oc2cc3c(cc12)CCCC3. The van der Waals surface area contributed by atoms with Gasteiger partial charge in [-0.05, 0) is 48.9 Å². The zero-order valence-electron chi connectivity index (χ0n) is 12.3. The smallest absolute Gasteiger partial charge is 0.230 e. The molecule has 0 atom stereocenters. The molecule has 3 heteroatoms. The fourth-order valence-corrected chi connectivity index (χ4v) is 3.23. The van der Waals surface area contributed by atoms with Gasteiger partial charge in [-0.2, -0.15) is 0 Å². The van der Waals surface area contributed by atoms with Gasteiger partial charge in [0, 0.05) is 10.9 Å². The summed E-state index contributed by atoms with van der Waals surface area (Å²) in [5.74, 6) is 0.0934. The lowest BCUT2D eigenvalue weighted by atomic mass is 9.90. The fourth-order valence-electron chi connectivity index (χ4n) is 3.23. The second kappa shape index (κ2) is 5.02. The van der Waals surface area contributed by atoms with E-state index in [9.17, 15) is 4.79 Å². The molecule has 1 aliphatic rings. The summed E-state index contributed by atoms with van der Waals surface area (Å²) in [6.07, 6.45) is 4.59. The Morgan fingerprint density at radius 2 is 1.68 bits per heavy atom. The van der Waals surface area contributed by atoms with Gasteiger partial charge in [0.25, 0.3) is 0 Å². The highest BCUT2D eigenvalue weighted by molar-refractivity contribution is 6.14. The topological polar surface area (TPSA) is 56.2 Å². The number of furan rings is 1. The number of anilines is 1. The van der Waals surface area contributed by atoms with Crippen molar-refractivity contribution in [3.05, 3.63) is 64.9 Å². The van der Waals surface area contributed by atoms with E-state index >= 15 is 0 Å². The maximum Gasteiger partial charge on any atom is 0.230 e. The van der Waals surface area contributed by atoms with Crippen LogP contribution < -0.4 is 5.73 Å². The van der Waals surface area contributed by atoms with Crippen molar-refractivity contribution in [2.24, 2.45) is 0 Å². The molecule has 0 amide bonds. The van der Waals surface area contributed by atoms with E-state index in [-0.39, 0.29) is 11.5 Å². The number of nitrogen functional groups attached to an aromatic ring is 1. The molecule has 22 heavy (non-hydrogen) atoms. The van der Waals surface area contributed by atoms with Crippen molar-refractivity contribution in [3.8, 4) is 0 Å². The predicted octanol–water partition coefficient (Wildman–Crippen LogP) is 4.12. The van der Waals surface area contributed by atoms with Gasteiger partial charge < -0.3 is 10.2 Å². The summed E-state index contributed by atoms with van der Waals surface area (Å²) in [5.41, 5.74) is 10.6. The normalized spacial score (nSPS) is 14.0. The lowest BCUT2D eigenvalue weighted by Gasteiger charge is -2.14. The van der Waals surface area contributed by atoms with Crippen molar-refractivity contribution >= 4 is 22.4 Å². The molecular formula is C19H17NO2. The van der Waals surface area contributed by atoms with Crippen molar-refractivity contribution in [2.45, 2.75) is 25.7 Å². The third-order valence-corrected chi connectivity index (χ3v) is 4.43. The van der Waals surface area contributed by atoms with E-state index in [4.69, 9.17) is 10.2 Å². The standard InChI is InChI=1S/C19H17NO2/c20-17-15-10-13-8-4-5-9-14(13)11-16(15)22-19(17)18(21)12-6-2-1-3-7-12/h1-3,6-7,10-11H,4-5,8-9,20H2. The molecule has 0 saturated carbocycles. The van der Waals surface area contributed by atoms with E-state index in [1.807, 2.05) is 18.2 Å². The molecule has 0 unspecified atom stereocenters. The van der Waals surface area contributed by atoms with Crippen LogP contribution in [0, 0.1) is 0 Å². The highest BCUT2D eigenvalue weighted by Gasteiger charge is 2.21. The van der Waals surface area contributed by atoms with Gasteiger partial charge in [-0.1, -0.05) is 30.3 Å². The molecule has 0 bridgehead atoms. The van der Waals surface area contributed by atoms with Crippen LogP contribution in [0.2, 0.25) is 0 Å². The summed E-state index contributed by atoms with van der Waals surface area (Å²) in [6, 6.07) is 13.3. The van der Waals surface area contributed by atoms with Crippen LogP contribution >= 0.6 is 0 Å². The largest absolute Gasteiger partial charge is 0.450 e. The number of benzene rings is 2. The molecule has 0 radical (unpaired) electrons. The van der Waals surface area contributed by atoms with Crippen molar-refractivity contribution in [3.63, 3.8) is 0 Å². The zero-order chi connectivity index (χ0) is 15.1. The van der Waals surface area contributed by atoms with Crippen LogP contribution in [0.1, 0.15) is 40.1 Å². The Kier molecular flexibility index (Phi) is 3.00. The second-order valence-corrected chi connectivity index (χ2v) is 5.86. The summed E-state index contributed by atoms with van der Waals surface area (Å²) in [5, 5.41) is 0.861. The fraction of sp³-hybridized carbons (Fsp3) is 0.211. The maximum atomic E-state index is 12.6. The minimum Gasteiger partial charge on any atom is -0.450 e. The summed E-state index contributed by atoms with van der Waals surface area (Å²) in [6.45, 7) is 0. The molecule has 0 aliphatic heterocycles. The van der Waals surface area contributed by atoms with Crippen LogP contribution in [0.5, 0.6) is 0 Å². The molecule has 4 rings (SSSR count).